The number of piperazine rings is 1. The maximum absolute atomic E-state index is 11.9. The molecule has 0 aromatic carbocycles. The van der Waals surface area contributed by atoms with E-state index < -0.39 is 0 Å². The van der Waals surface area contributed by atoms with E-state index in [2.05, 4.69) is 10.3 Å². The van der Waals surface area contributed by atoms with Gasteiger partial charge < -0.3 is 15.0 Å². The molecule has 1 fully saturated rings. The van der Waals surface area contributed by atoms with Gasteiger partial charge in [-0.15, -0.1) is 0 Å². The van der Waals surface area contributed by atoms with Gasteiger partial charge in [-0.25, -0.2) is 0 Å². The molecule has 110 valence electrons. The third-order valence-electron chi connectivity index (χ3n) is 3.43. The molecule has 0 saturated carbocycles. The summed E-state index contributed by atoms with van der Waals surface area (Å²) in [6, 6.07) is 4.04. The zero-order valence-electron chi connectivity index (χ0n) is 11.9. The first-order valence-electron chi connectivity index (χ1n) is 7.31. The predicted octanol–water partition coefficient (Wildman–Crippen LogP) is 0.853. The Morgan fingerprint density at radius 3 is 2.75 bits per heavy atom. The fourth-order valence-corrected chi connectivity index (χ4v) is 2.26. The fourth-order valence-electron chi connectivity index (χ4n) is 2.26. The Balaban J connectivity index is 1.50. The van der Waals surface area contributed by atoms with Gasteiger partial charge in [-0.2, -0.15) is 0 Å². The molecule has 20 heavy (non-hydrogen) atoms. The van der Waals surface area contributed by atoms with Crippen molar-refractivity contribution in [1.82, 2.24) is 15.2 Å². The van der Waals surface area contributed by atoms with Gasteiger partial charge in [0, 0.05) is 45.2 Å². The molecule has 0 radical (unpaired) electrons. The number of aryl methyl sites for hydroxylation is 1. The average molecular weight is 277 g/mol. The van der Waals surface area contributed by atoms with Crippen LogP contribution in [0.25, 0.3) is 0 Å². The lowest BCUT2D eigenvalue weighted by molar-refractivity contribution is -0.132. The van der Waals surface area contributed by atoms with Gasteiger partial charge in [0.1, 0.15) is 0 Å². The normalized spacial score (nSPS) is 15.3. The van der Waals surface area contributed by atoms with E-state index in [1.54, 1.807) is 0 Å². The summed E-state index contributed by atoms with van der Waals surface area (Å²) in [4.78, 5) is 17.8. The average Bonchev–Trinajstić information content (AvgIpc) is 2.52. The van der Waals surface area contributed by atoms with E-state index in [1.807, 2.05) is 29.4 Å². The van der Waals surface area contributed by atoms with Crippen molar-refractivity contribution in [3.8, 4) is 0 Å². The minimum atomic E-state index is 0.209. The lowest BCUT2D eigenvalue weighted by Gasteiger charge is -2.27. The summed E-state index contributed by atoms with van der Waals surface area (Å²) >= 11 is 0. The summed E-state index contributed by atoms with van der Waals surface area (Å²) in [7, 11) is 0. The van der Waals surface area contributed by atoms with Crippen LogP contribution >= 0.6 is 0 Å². The van der Waals surface area contributed by atoms with Crippen molar-refractivity contribution in [3.63, 3.8) is 0 Å². The second-order valence-corrected chi connectivity index (χ2v) is 4.95. The van der Waals surface area contributed by atoms with Gasteiger partial charge >= 0.3 is 0 Å². The summed E-state index contributed by atoms with van der Waals surface area (Å²) < 4.78 is 5.54. The standard InChI is InChI=1S/C15H23N3O2/c19-15(18-10-8-17-9-11-18)5-13-20-12-1-2-14-3-6-16-7-4-14/h3-4,6-7,17H,1-2,5,8-13H2. The summed E-state index contributed by atoms with van der Waals surface area (Å²) in [5, 5.41) is 3.24. The molecule has 1 aromatic rings. The zero-order valence-corrected chi connectivity index (χ0v) is 11.9. The van der Waals surface area contributed by atoms with E-state index in [-0.39, 0.29) is 5.91 Å². The monoisotopic (exact) mass is 277 g/mol. The summed E-state index contributed by atoms with van der Waals surface area (Å²) in [6.07, 6.45) is 6.08. The number of ether oxygens (including phenoxy) is 1. The van der Waals surface area contributed by atoms with Gasteiger partial charge in [0.05, 0.1) is 13.0 Å². The quantitative estimate of drug-likeness (QED) is 0.751. The maximum atomic E-state index is 11.9. The minimum absolute atomic E-state index is 0.209. The Morgan fingerprint density at radius 2 is 2.00 bits per heavy atom. The smallest absolute Gasteiger partial charge is 0.224 e. The van der Waals surface area contributed by atoms with Gasteiger partial charge in [-0.1, -0.05) is 0 Å². The van der Waals surface area contributed by atoms with Crippen LogP contribution in [0.1, 0.15) is 18.4 Å². The van der Waals surface area contributed by atoms with Crippen molar-refractivity contribution < 1.29 is 9.53 Å². The van der Waals surface area contributed by atoms with Crippen LogP contribution in [0.4, 0.5) is 0 Å². The number of carbonyl (C=O) groups excluding carboxylic acids is 1. The van der Waals surface area contributed by atoms with Gasteiger partial charge in [-0.05, 0) is 30.5 Å². The molecule has 1 N–H and O–H groups in total. The minimum Gasteiger partial charge on any atom is -0.381 e. The highest BCUT2D eigenvalue weighted by atomic mass is 16.5. The van der Waals surface area contributed by atoms with Crippen molar-refractivity contribution in [2.45, 2.75) is 19.3 Å². The highest BCUT2D eigenvalue weighted by molar-refractivity contribution is 5.76. The molecule has 0 aliphatic carbocycles. The number of hydrogen-bond donors (Lipinski definition) is 1. The molecule has 1 aliphatic heterocycles. The number of nitrogens with one attached hydrogen (secondary N) is 1. The Hall–Kier alpha value is -1.46. The molecule has 0 atom stereocenters. The van der Waals surface area contributed by atoms with E-state index >= 15 is 0 Å². The first-order chi connectivity index (χ1) is 9.86. The molecular formula is C15H23N3O2. The molecule has 1 saturated heterocycles. The number of rotatable bonds is 7. The van der Waals surface area contributed by atoms with Crippen LogP contribution in [0.2, 0.25) is 0 Å². The highest BCUT2D eigenvalue weighted by Gasteiger charge is 2.15. The van der Waals surface area contributed by atoms with Crippen LogP contribution in [-0.2, 0) is 16.0 Å². The van der Waals surface area contributed by atoms with E-state index in [0.29, 0.717) is 19.6 Å². The van der Waals surface area contributed by atoms with Crippen molar-refractivity contribution >= 4 is 5.91 Å². The second-order valence-electron chi connectivity index (χ2n) is 4.95. The molecule has 5 nitrogen and oxygen atoms in total. The van der Waals surface area contributed by atoms with E-state index in [9.17, 15) is 4.79 Å². The predicted molar refractivity (Wildman–Crippen MR) is 77.4 cm³/mol. The Bertz CT molecular complexity index is 391. The zero-order chi connectivity index (χ0) is 14.0. The number of amides is 1. The molecule has 5 heteroatoms. The number of carbonyl (C=O) groups is 1. The SMILES string of the molecule is O=C(CCOCCCc1ccncc1)N1CCNCC1. The summed E-state index contributed by atoms with van der Waals surface area (Å²) in [5.41, 5.74) is 1.28. The van der Waals surface area contributed by atoms with Crippen LogP contribution in [0.3, 0.4) is 0 Å². The Morgan fingerprint density at radius 1 is 1.25 bits per heavy atom. The van der Waals surface area contributed by atoms with Crippen molar-refractivity contribution in [2.24, 2.45) is 0 Å². The topological polar surface area (TPSA) is 54.5 Å². The van der Waals surface area contributed by atoms with Crippen LogP contribution in [0.5, 0.6) is 0 Å². The largest absolute Gasteiger partial charge is 0.381 e. The van der Waals surface area contributed by atoms with Crippen LogP contribution < -0.4 is 5.32 Å². The molecule has 0 bridgehead atoms. The lowest BCUT2D eigenvalue weighted by Crippen LogP contribution is -2.46. The second kappa shape index (κ2) is 8.66. The van der Waals surface area contributed by atoms with Gasteiger partial charge in [-0.3, -0.25) is 9.78 Å². The van der Waals surface area contributed by atoms with Crippen LogP contribution in [0, 0.1) is 0 Å². The van der Waals surface area contributed by atoms with Gasteiger partial charge in [0.2, 0.25) is 5.91 Å². The number of pyridine rings is 1. The first-order valence-corrected chi connectivity index (χ1v) is 7.31. The fraction of sp³-hybridized carbons (Fsp3) is 0.600. The van der Waals surface area contributed by atoms with Gasteiger partial charge in [0.25, 0.3) is 0 Å². The van der Waals surface area contributed by atoms with E-state index in [4.69, 9.17) is 4.74 Å². The van der Waals surface area contributed by atoms with E-state index in [1.165, 1.54) is 5.56 Å². The molecule has 2 heterocycles. The third kappa shape index (κ3) is 5.27. The molecule has 2 rings (SSSR count). The molecule has 0 spiro atoms. The Kier molecular flexibility index (Phi) is 6.47. The molecule has 1 amide bonds. The lowest BCUT2D eigenvalue weighted by atomic mass is 10.1. The van der Waals surface area contributed by atoms with Crippen LogP contribution in [0.15, 0.2) is 24.5 Å². The third-order valence-corrected chi connectivity index (χ3v) is 3.43. The van der Waals surface area contributed by atoms with Crippen molar-refractivity contribution in [1.29, 1.82) is 0 Å². The molecule has 1 aromatic heterocycles. The maximum Gasteiger partial charge on any atom is 0.224 e. The number of hydrogen-bond acceptors (Lipinski definition) is 4. The Labute approximate surface area is 120 Å². The van der Waals surface area contributed by atoms with Crippen molar-refractivity contribution in [2.75, 3.05) is 39.4 Å². The van der Waals surface area contributed by atoms with E-state index in [0.717, 1.165) is 39.0 Å². The first kappa shape index (κ1) is 14.9. The molecule has 0 unspecified atom stereocenters. The summed E-state index contributed by atoms with van der Waals surface area (Å²) in [6.45, 7) is 4.68. The summed E-state index contributed by atoms with van der Waals surface area (Å²) in [5.74, 6) is 0.209. The molecule has 1 aliphatic rings. The molecular weight excluding hydrogens is 254 g/mol. The number of nitrogens with zero attached hydrogens (tertiary/aromatic N) is 2. The van der Waals surface area contributed by atoms with Gasteiger partial charge in [0.15, 0.2) is 0 Å². The van der Waals surface area contributed by atoms with Crippen molar-refractivity contribution in [3.05, 3.63) is 30.1 Å². The number of aromatic nitrogens is 1. The van der Waals surface area contributed by atoms with Crippen LogP contribution in [-0.4, -0.2) is 55.2 Å². The highest BCUT2D eigenvalue weighted by Crippen LogP contribution is 2.02.